The SMILES string of the molecule is CN(C(=O)c1ccccc1NC(=O)COc1ccc(Br)cc1C(C)(C)C)C1CCCCC1. The van der Waals surface area contributed by atoms with Crippen LogP contribution in [0.1, 0.15) is 68.8 Å². The first-order valence-corrected chi connectivity index (χ1v) is 12.0. The van der Waals surface area contributed by atoms with Crippen LogP contribution in [-0.2, 0) is 10.2 Å². The molecule has 1 aliphatic carbocycles. The van der Waals surface area contributed by atoms with Crippen LogP contribution >= 0.6 is 15.9 Å². The molecule has 0 bridgehead atoms. The number of ether oxygens (including phenoxy) is 1. The average molecular weight is 501 g/mol. The van der Waals surface area contributed by atoms with Gasteiger partial charge in [-0.3, -0.25) is 9.59 Å². The van der Waals surface area contributed by atoms with Crippen molar-refractivity contribution in [2.24, 2.45) is 0 Å². The number of rotatable bonds is 6. The first-order valence-electron chi connectivity index (χ1n) is 11.3. The lowest BCUT2D eigenvalue weighted by Gasteiger charge is -2.31. The van der Waals surface area contributed by atoms with Crippen LogP contribution in [0.15, 0.2) is 46.9 Å². The number of nitrogens with zero attached hydrogens (tertiary/aromatic N) is 1. The lowest BCUT2D eigenvalue weighted by atomic mass is 9.86. The van der Waals surface area contributed by atoms with Crippen molar-refractivity contribution in [3.05, 3.63) is 58.1 Å². The minimum absolute atomic E-state index is 0.0587. The largest absolute Gasteiger partial charge is 0.483 e. The lowest BCUT2D eigenvalue weighted by Crippen LogP contribution is -2.38. The summed E-state index contributed by atoms with van der Waals surface area (Å²) >= 11 is 3.50. The Hall–Kier alpha value is -2.34. The average Bonchev–Trinajstić information content (AvgIpc) is 2.77. The van der Waals surface area contributed by atoms with E-state index in [1.54, 1.807) is 12.1 Å². The number of anilines is 1. The number of benzene rings is 2. The number of carbonyl (C=O) groups is 2. The fraction of sp³-hybridized carbons (Fsp3) is 0.462. The Bertz CT molecular complexity index is 962. The van der Waals surface area contributed by atoms with Crippen molar-refractivity contribution in [1.29, 1.82) is 0 Å². The summed E-state index contributed by atoms with van der Waals surface area (Å²) in [5.74, 6) is 0.322. The Kier molecular flexibility index (Phi) is 7.99. The molecule has 2 aromatic carbocycles. The van der Waals surface area contributed by atoms with Gasteiger partial charge in [-0.25, -0.2) is 0 Å². The third-order valence-electron chi connectivity index (χ3n) is 5.98. The van der Waals surface area contributed by atoms with Gasteiger partial charge in [-0.15, -0.1) is 0 Å². The quantitative estimate of drug-likeness (QED) is 0.515. The Labute approximate surface area is 199 Å². The van der Waals surface area contributed by atoms with Crippen molar-refractivity contribution < 1.29 is 14.3 Å². The van der Waals surface area contributed by atoms with Crippen molar-refractivity contribution >= 4 is 33.4 Å². The maximum absolute atomic E-state index is 13.2. The van der Waals surface area contributed by atoms with Crippen LogP contribution in [0.5, 0.6) is 5.75 Å². The van der Waals surface area contributed by atoms with Gasteiger partial charge in [0.1, 0.15) is 5.75 Å². The van der Waals surface area contributed by atoms with E-state index in [9.17, 15) is 9.59 Å². The normalized spacial score (nSPS) is 14.7. The molecule has 1 fully saturated rings. The molecule has 172 valence electrons. The molecule has 5 nitrogen and oxygen atoms in total. The molecule has 6 heteroatoms. The summed E-state index contributed by atoms with van der Waals surface area (Å²) in [6.07, 6.45) is 5.62. The van der Waals surface area contributed by atoms with Gasteiger partial charge in [0.2, 0.25) is 0 Å². The van der Waals surface area contributed by atoms with Crippen molar-refractivity contribution in [1.82, 2.24) is 4.90 Å². The van der Waals surface area contributed by atoms with Crippen molar-refractivity contribution in [2.45, 2.75) is 64.3 Å². The molecule has 0 unspecified atom stereocenters. The Balaban J connectivity index is 1.68. The smallest absolute Gasteiger partial charge is 0.262 e. The Morgan fingerprint density at radius 1 is 1.09 bits per heavy atom. The molecule has 1 aliphatic rings. The molecule has 0 saturated heterocycles. The number of nitrogens with one attached hydrogen (secondary N) is 1. The molecule has 32 heavy (non-hydrogen) atoms. The predicted octanol–water partition coefficient (Wildman–Crippen LogP) is 6.17. The molecule has 0 aliphatic heterocycles. The van der Waals surface area contributed by atoms with Crippen molar-refractivity contribution in [2.75, 3.05) is 19.0 Å². The van der Waals surface area contributed by atoms with E-state index in [1.165, 1.54) is 6.42 Å². The van der Waals surface area contributed by atoms with E-state index >= 15 is 0 Å². The standard InChI is InChI=1S/C26H33BrN2O3/c1-26(2,3)21-16-18(27)14-15-23(21)32-17-24(30)28-22-13-9-8-12-20(22)25(31)29(4)19-10-6-5-7-11-19/h8-9,12-16,19H,5-7,10-11,17H2,1-4H3,(H,28,30). The highest BCUT2D eigenvalue weighted by molar-refractivity contribution is 9.10. The third-order valence-corrected chi connectivity index (χ3v) is 6.48. The number of para-hydroxylation sites is 1. The molecule has 0 heterocycles. The first-order chi connectivity index (χ1) is 15.2. The molecule has 0 aromatic heterocycles. The number of hydrogen-bond acceptors (Lipinski definition) is 3. The zero-order valence-corrected chi connectivity index (χ0v) is 21.0. The van der Waals surface area contributed by atoms with Gasteiger partial charge in [0, 0.05) is 23.1 Å². The predicted molar refractivity (Wildman–Crippen MR) is 132 cm³/mol. The molecule has 2 amide bonds. The number of amides is 2. The zero-order chi connectivity index (χ0) is 23.3. The fourth-order valence-corrected chi connectivity index (χ4v) is 4.51. The highest BCUT2D eigenvalue weighted by Gasteiger charge is 2.25. The van der Waals surface area contributed by atoms with Gasteiger partial charge in [-0.1, -0.05) is 68.1 Å². The van der Waals surface area contributed by atoms with Gasteiger partial charge < -0.3 is 15.0 Å². The van der Waals surface area contributed by atoms with Gasteiger partial charge in [-0.2, -0.15) is 0 Å². The van der Waals surface area contributed by atoms with Crippen LogP contribution in [-0.4, -0.2) is 36.4 Å². The molecule has 1 N–H and O–H groups in total. The molecule has 0 atom stereocenters. The highest BCUT2D eigenvalue weighted by Crippen LogP contribution is 2.33. The van der Waals surface area contributed by atoms with E-state index in [1.807, 2.05) is 42.3 Å². The Morgan fingerprint density at radius 3 is 2.47 bits per heavy atom. The second-order valence-electron chi connectivity index (χ2n) is 9.48. The maximum Gasteiger partial charge on any atom is 0.262 e. The van der Waals surface area contributed by atoms with E-state index in [4.69, 9.17) is 4.74 Å². The second-order valence-corrected chi connectivity index (χ2v) is 10.4. The van der Waals surface area contributed by atoms with Gasteiger partial charge in [0.05, 0.1) is 11.3 Å². The van der Waals surface area contributed by atoms with Crippen molar-refractivity contribution in [3.63, 3.8) is 0 Å². The lowest BCUT2D eigenvalue weighted by molar-refractivity contribution is -0.118. The summed E-state index contributed by atoms with van der Waals surface area (Å²) < 4.78 is 6.83. The zero-order valence-electron chi connectivity index (χ0n) is 19.4. The van der Waals surface area contributed by atoms with E-state index in [2.05, 4.69) is 42.0 Å². The summed E-state index contributed by atoms with van der Waals surface area (Å²) in [5.41, 5.74) is 1.91. The van der Waals surface area contributed by atoms with Crippen LogP contribution in [0.2, 0.25) is 0 Å². The summed E-state index contributed by atoms with van der Waals surface area (Å²) in [5, 5.41) is 2.87. The van der Waals surface area contributed by atoms with E-state index < -0.39 is 0 Å². The summed E-state index contributed by atoms with van der Waals surface area (Å²) in [6.45, 7) is 6.18. The van der Waals surface area contributed by atoms with Crippen LogP contribution in [0.25, 0.3) is 0 Å². The maximum atomic E-state index is 13.2. The van der Waals surface area contributed by atoms with Crippen LogP contribution in [0.3, 0.4) is 0 Å². The highest BCUT2D eigenvalue weighted by atomic mass is 79.9. The first kappa shape index (κ1) is 24.3. The van der Waals surface area contributed by atoms with Gasteiger partial charge in [0.25, 0.3) is 11.8 Å². The molecule has 0 spiro atoms. The van der Waals surface area contributed by atoms with Gasteiger partial charge in [0.15, 0.2) is 6.61 Å². The number of halogens is 1. The number of carbonyl (C=O) groups excluding carboxylic acids is 2. The molecule has 3 rings (SSSR count). The summed E-state index contributed by atoms with van der Waals surface area (Å²) in [7, 11) is 1.86. The monoisotopic (exact) mass is 500 g/mol. The molecular weight excluding hydrogens is 468 g/mol. The second kappa shape index (κ2) is 10.5. The van der Waals surface area contributed by atoms with Crippen molar-refractivity contribution in [3.8, 4) is 5.75 Å². The Morgan fingerprint density at radius 2 is 1.78 bits per heavy atom. The van der Waals surface area contributed by atoms with Gasteiger partial charge in [-0.05, 0) is 48.6 Å². The minimum atomic E-state index is -0.298. The summed E-state index contributed by atoms with van der Waals surface area (Å²) in [4.78, 5) is 27.7. The van der Waals surface area contributed by atoms with Crippen LogP contribution < -0.4 is 10.1 Å². The van der Waals surface area contributed by atoms with Crippen LogP contribution in [0.4, 0.5) is 5.69 Å². The minimum Gasteiger partial charge on any atom is -0.483 e. The molecule has 2 aromatic rings. The molecule has 0 radical (unpaired) electrons. The van der Waals surface area contributed by atoms with E-state index in [-0.39, 0.29) is 29.9 Å². The topological polar surface area (TPSA) is 58.6 Å². The van der Waals surface area contributed by atoms with E-state index in [0.29, 0.717) is 17.0 Å². The van der Waals surface area contributed by atoms with Crippen LogP contribution in [0, 0.1) is 0 Å². The van der Waals surface area contributed by atoms with Gasteiger partial charge >= 0.3 is 0 Å². The molecule has 1 saturated carbocycles. The third kappa shape index (κ3) is 6.12. The fourth-order valence-electron chi connectivity index (χ4n) is 4.15. The van der Waals surface area contributed by atoms with E-state index in [0.717, 1.165) is 35.7 Å². The number of hydrogen-bond donors (Lipinski definition) is 1. The summed E-state index contributed by atoms with van der Waals surface area (Å²) in [6, 6.07) is 13.2. The molecular formula is C26H33BrN2O3.